The molecule has 1 heterocycles. The van der Waals surface area contributed by atoms with Gasteiger partial charge in [0.1, 0.15) is 5.75 Å². The number of rotatable bonds is 7. The lowest BCUT2D eigenvalue weighted by atomic mass is 10.2. The van der Waals surface area contributed by atoms with Crippen LogP contribution in [0.1, 0.15) is 12.5 Å². The van der Waals surface area contributed by atoms with Gasteiger partial charge in [0, 0.05) is 11.0 Å². The van der Waals surface area contributed by atoms with Crippen molar-refractivity contribution in [2.75, 3.05) is 7.11 Å². The Morgan fingerprint density at radius 1 is 1.22 bits per heavy atom. The predicted octanol–water partition coefficient (Wildman–Crippen LogP) is 4.64. The maximum atomic E-state index is 12.4. The van der Waals surface area contributed by atoms with Gasteiger partial charge in [-0.2, -0.15) is 0 Å². The highest BCUT2D eigenvalue weighted by atomic mass is 79.9. The van der Waals surface area contributed by atoms with E-state index in [2.05, 4.69) is 31.2 Å². The van der Waals surface area contributed by atoms with Crippen LogP contribution in [0, 0.1) is 0 Å². The van der Waals surface area contributed by atoms with Crippen LogP contribution in [0.25, 0.3) is 11.3 Å². The average Bonchev–Trinajstić information content (AvgIpc) is 3.15. The number of benzene rings is 2. The highest BCUT2D eigenvalue weighted by Gasteiger charge is 2.16. The summed E-state index contributed by atoms with van der Waals surface area (Å²) in [6.45, 7) is 2.35. The number of imidazole rings is 1. The first kappa shape index (κ1) is 19.5. The molecule has 2 aromatic carbocycles. The van der Waals surface area contributed by atoms with Gasteiger partial charge in [-0.25, -0.2) is 4.98 Å². The predicted molar refractivity (Wildman–Crippen MR) is 112 cm³/mol. The molecule has 0 radical (unpaired) electrons. The Kier molecular flexibility index (Phi) is 6.58. The average molecular weight is 446 g/mol. The number of carbonyl (C=O) groups excluding carboxylic acids is 1. The number of aromatic nitrogens is 2. The van der Waals surface area contributed by atoms with Crippen molar-refractivity contribution < 1.29 is 9.53 Å². The van der Waals surface area contributed by atoms with E-state index in [1.807, 2.05) is 55.5 Å². The fourth-order valence-corrected chi connectivity index (χ4v) is 3.51. The largest absolute Gasteiger partial charge is 0.497 e. The summed E-state index contributed by atoms with van der Waals surface area (Å²) in [5, 5.41) is 3.42. The molecular formula is C20H20BrN3O2S. The fourth-order valence-electron chi connectivity index (χ4n) is 2.44. The van der Waals surface area contributed by atoms with E-state index in [-0.39, 0.29) is 11.2 Å². The van der Waals surface area contributed by atoms with E-state index in [9.17, 15) is 4.79 Å². The normalized spacial score (nSPS) is 11.8. The highest BCUT2D eigenvalue weighted by Crippen LogP contribution is 2.25. The van der Waals surface area contributed by atoms with Gasteiger partial charge in [0.15, 0.2) is 5.16 Å². The molecular weight excluding hydrogens is 426 g/mol. The molecule has 140 valence electrons. The van der Waals surface area contributed by atoms with E-state index >= 15 is 0 Å². The lowest BCUT2D eigenvalue weighted by molar-refractivity contribution is -0.120. The quantitative estimate of drug-likeness (QED) is 0.519. The molecule has 0 aliphatic carbocycles. The van der Waals surface area contributed by atoms with Gasteiger partial charge in [-0.1, -0.05) is 52.0 Å². The number of halogens is 1. The summed E-state index contributed by atoms with van der Waals surface area (Å²) < 4.78 is 6.17. The summed E-state index contributed by atoms with van der Waals surface area (Å²) in [6, 6.07) is 15.6. The molecule has 0 aliphatic heterocycles. The molecule has 0 saturated heterocycles. The molecule has 3 rings (SSSR count). The molecule has 0 fully saturated rings. The van der Waals surface area contributed by atoms with E-state index in [1.165, 1.54) is 11.8 Å². The SMILES string of the molecule is COc1ccc(CNC(=O)C(C)Sc2ncc(-c3ccc(Br)cc3)[nH]2)cc1. The van der Waals surface area contributed by atoms with Gasteiger partial charge in [0.25, 0.3) is 0 Å². The van der Waals surface area contributed by atoms with Gasteiger partial charge in [0.2, 0.25) is 5.91 Å². The number of aromatic amines is 1. The molecule has 1 amide bonds. The number of ether oxygens (including phenoxy) is 1. The number of nitrogens with one attached hydrogen (secondary N) is 2. The highest BCUT2D eigenvalue weighted by molar-refractivity contribution is 9.10. The van der Waals surface area contributed by atoms with Crippen molar-refractivity contribution in [2.24, 2.45) is 0 Å². The Hall–Kier alpha value is -2.25. The number of methoxy groups -OCH3 is 1. The third-order valence-corrected chi connectivity index (χ3v) is 5.52. The van der Waals surface area contributed by atoms with Crippen molar-refractivity contribution in [2.45, 2.75) is 23.9 Å². The summed E-state index contributed by atoms with van der Waals surface area (Å²) in [4.78, 5) is 20.0. The zero-order valence-electron chi connectivity index (χ0n) is 15.0. The second-order valence-corrected chi connectivity index (χ2v) is 8.18. The van der Waals surface area contributed by atoms with Gasteiger partial charge >= 0.3 is 0 Å². The summed E-state index contributed by atoms with van der Waals surface area (Å²) in [5.41, 5.74) is 3.00. The van der Waals surface area contributed by atoms with Crippen LogP contribution >= 0.6 is 27.7 Å². The monoisotopic (exact) mass is 445 g/mol. The third-order valence-electron chi connectivity index (χ3n) is 3.99. The molecule has 1 atom stereocenters. The van der Waals surface area contributed by atoms with E-state index < -0.39 is 0 Å². The van der Waals surface area contributed by atoms with Crippen molar-refractivity contribution in [3.63, 3.8) is 0 Å². The molecule has 0 saturated carbocycles. The molecule has 7 heteroatoms. The van der Waals surface area contributed by atoms with Crippen molar-refractivity contribution in [3.05, 3.63) is 64.8 Å². The van der Waals surface area contributed by atoms with Gasteiger partial charge in [-0.15, -0.1) is 0 Å². The molecule has 3 aromatic rings. The van der Waals surface area contributed by atoms with Crippen LogP contribution in [0.3, 0.4) is 0 Å². The van der Waals surface area contributed by atoms with Gasteiger partial charge in [-0.3, -0.25) is 4.79 Å². The molecule has 0 spiro atoms. The van der Waals surface area contributed by atoms with E-state index in [0.29, 0.717) is 6.54 Å². The van der Waals surface area contributed by atoms with Gasteiger partial charge in [0.05, 0.1) is 24.3 Å². The van der Waals surface area contributed by atoms with Crippen LogP contribution in [0.2, 0.25) is 0 Å². The Balaban J connectivity index is 1.54. The van der Waals surface area contributed by atoms with Gasteiger partial charge in [-0.05, 0) is 42.3 Å². The number of thioether (sulfide) groups is 1. The minimum atomic E-state index is -0.257. The number of amides is 1. The van der Waals surface area contributed by atoms with Crippen molar-refractivity contribution >= 4 is 33.6 Å². The smallest absolute Gasteiger partial charge is 0.233 e. The second-order valence-electron chi connectivity index (χ2n) is 5.93. The molecule has 1 aromatic heterocycles. The molecule has 0 aliphatic rings. The number of hydrogen-bond acceptors (Lipinski definition) is 4. The molecule has 5 nitrogen and oxygen atoms in total. The Bertz CT molecular complexity index is 894. The standard InChI is InChI=1S/C20H20BrN3O2S/c1-13(19(25)22-11-14-3-9-17(26-2)10-4-14)27-20-23-12-18(24-20)15-5-7-16(21)8-6-15/h3-10,12-13H,11H2,1-2H3,(H,22,25)(H,23,24). The maximum absolute atomic E-state index is 12.4. The van der Waals surface area contributed by atoms with Crippen LogP contribution in [0.4, 0.5) is 0 Å². The zero-order valence-corrected chi connectivity index (χ0v) is 17.4. The fraction of sp³-hybridized carbons (Fsp3) is 0.200. The number of H-pyrrole nitrogens is 1. The first-order valence-corrected chi connectivity index (χ1v) is 10.1. The van der Waals surface area contributed by atoms with Crippen LogP contribution in [-0.4, -0.2) is 28.2 Å². The van der Waals surface area contributed by atoms with Crippen LogP contribution < -0.4 is 10.1 Å². The first-order valence-electron chi connectivity index (χ1n) is 8.43. The topological polar surface area (TPSA) is 67.0 Å². The van der Waals surface area contributed by atoms with Crippen molar-refractivity contribution in [1.29, 1.82) is 0 Å². The van der Waals surface area contributed by atoms with E-state index in [4.69, 9.17) is 4.74 Å². The molecule has 2 N–H and O–H groups in total. The van der Waals surface area contributed by atoms with Crippen LogP contribution in [0.5, 0.6) is 5.75 Å². The van der Waals surface area contributed by atoms with E-state index in [1.54, 1.807) is 13.3 Å². The Morgan fingerprint density at radius 2 is 1.93 bits per heavy atom. The summed E-state index contributed by atoms with van der Waals surface area (Å²) in [5.74, 6) is 0.769. The molecule has 0 bridgehead atoms. The summed E-state index contributed by atoms with van der Waals surface area (Å²) in [6.07, 6.45) is 1.79. The van der Waals surface area contributed by atoms with Crippen LogP contribution in [-0.2, 0) is 11.3 Å². The third kappa shape index (κ3) is 5.37. The lowest BCUT2D eigenvalue weighted by Crippen LogP contribution is -2.30. The van der Waals surface area contributed by atoms with Gasteiger partial charge < -0.3 is 15.0 Å². The first-order chi connectivity index (χ1) is 13.0. The summed E-state index contributed by atoms with van der Waals surface area (Å²) in [7, 11) is 1.63. The Labute approximate surface area is 171 Å². The maximum Gasteiger partial charge on any atom is 0.233 e. The number of carbonyl (C=O) groups is 1. The molecule has 27 heavy (non-hydrogen) atoms. The number of hydrogen-bond donors (Lipinski definition) is 2. The summed E-state index contributed by atoms with van der Waals surface area (Å²) >= 11 is 4.83. The minimum Gasteiger partial charge on any atom is -0.497 e. The zero-order chi connectivity index (χ0) is 19.2. The van der Waals surface area contributed by atoms with Crippen LogP contribution in [0.15, 0.2) is 64.4 Å². The Morgan fingerprint density at radius 3 is 2.59 bits per heavy atom. The molecule has 1 unspecified atom stereocenters. The van der Waals surface area contributed by atoms with Crippen molar-refractivity contribution in [3.8, 4) is 17.0 Å². The second kappa shape index (κ2) is 9.10. The lowest BCUT2D eigenvalue weighted by Gasteiger charge is -2.11. The number of nitrogens with zero attached hydrogens (tertiary/aromatic N) is 1. The van der Waals surface area contributed by atoms with E-state index in [0.717, 1.165) is 32.2 Å². The van der Waals surface area contributed by atoms with Crippen molar-refractivity contribution in [1.82, 2.24) is 15.3 Å². The minimum absolute atomic E-state index is 0.0302.